The first kappa shape index (κ1) is 9.97. The third-order valence-corrected chi connectivity index (χ3v) is 3.32. The van der Waals surface area contributed by atoms with Gasteiger partial charge in [-0.3, -0.25) is 4.79 Å². The maximum atomic E-state index is 11.5. The van der Waals surface area contributed by atoms with Crippen LogP contribution in [0.2, 0.25) is 0 Å². The van der Waals surface area contributed by atoms with Crippen molar-refractivity contribution in [3.05, 3.63) is 0 Å². The summed E-state index contributed by atoms with van der Waals surface area (Å²) in [6.45, 7) is 0. The van der Waals surface area contributed by atoms with Crippen LogP contribution in [0.25, 0.3) is 0 Å². The van der Waals surface area contributed by atoms with Gasteiger partial charge in [0, 0.05) is 6.04 Å². The molecule has 0 aromatic carbocycles. The van der Waals surface area contributed by atoms with E-state index in [0.717, 1.165) is 0 Å². The predicted octanol–water partition coefficient (Wildman–Crippen LogP) is 1.47. The standard InChI is InChI=1S/C11H19NO2/c1-14-11(13)10(8-6-7-8)12-9-4-2-3-5-9/h8-10,12H,2-7H2,1H3. The number of esters is 1. The molecule has 0 saturated heterocycles. The van der Waals surface area contributed by atoms with Gasteiger partial charge in [-0.15, -0.1) is 0 Å². The molecule has 0 heterocycles. The topological polar surface area (TPSA) is 38.3 Å². The van der Waals surface area contributed by atoms with Gasteiger partial charge in [-0.05, 0) is 31.6 Å². The van der Waals surface area contributed by atoms with Crippen LogP contribution in [0.5, 0.6) is 0 Å². The maximum absolute atomic E-state index is 11.5. The molecule has 0 bridgehead atoms. The Labute approximate surface area is 85.2 Å². The lowest BCUT2D eigenvalue weighted by atomic mass is 10.1. The summed E-state index contributed by atoms with van der Waals surface area (Å²) in [4.78, 5) is 11.5. The Morgan fingerprint density at radius 2 is 1.93 bits per heavy atom. The van der Waals surface area contributed by atoms with Crippen LogP contribution in [0.3, 0.4) is 0 Å². The molecule has 2 rings (SSSR count). The third kappa shape index (κ3) is 2.27. The molecule has 0 aliphatic heterocycles. The number of carbonyl (C=O) groups excluding carboxylic acids is 1. The zero-order valence-corrected chi connectivity index (χ0v) is 8.79. The van der Waals surface area contributed by atoms with Crippen molar-refractivity contribution >= 4 is 5.97 Å². The van der Waals surface area contributed by atoms with Crippen LogP contribution < -0.4 is 5.32 Å². The molecule has 0 radical (unpaired) electrons. The lowest BCUT2D eigenvalue weighted by Crippen LogP contribution is -2.44. The van der Waals surface area contributed by atoms with Gasteiger partial charge in [0.05, 0.1) is 7.11 Å². The molecule has 3 nitrogen and oxygen atoms in total. The van der Waals surface area contributed by atoms with Gasteiger partial charge in [0.1, 0.15) is 6.04 Å². The highest BCUT2D eigenvalue weighted by Gasteiger charge is 2.38. The van der Waals surface area contributed by atoms with Crippen molar-refractivity contribution in [3.8, 4) is 0 Å². The fourth-order valence-corrected chi connectivity index (χ4v) is 2.30. The molecule has 0 amide bonds. The Balaban J connectivity index is 1.86. The lowest BCUT2D eigenvalue weighted by Gasteiger charge is -2.20. The fourth-order valence-electron chi connectivity index (χ4n) is 2.30. The molecular weight excluding hydrogens is 178 g/mol. The molecule has 80 valence electrons. The molecule has 0 aromatic rings. The van der Waals surface area contributed by atoms with E-state index in [1.807, 2.05) is 0 Å². The Bertz CT molecular complexity index is 207. The maximum Gasteiger partial charge on any atom is 0.323 e. The molecule has 2 saturated carbocycles. The zero-order valence-electron chi connectivity index (χ0n) is 8.79. The number of nitrogens with one attached hydrogen (secondary N) is 1. The van der Waals surface area contributed by atoms with Gasteiger partial charge in [0.2, 0.25) is 0 Å². The molecular formula is C11H19NO2. The molecule has 0 aromatic heterocycles. The van der Waals surface area contributed by atoms with Gasteiger partial charge >= 0.3 is 5.97 Å². The quantitative estimate of drug-likeness (QED) is 0.694. The molecule has 0 spiro atoms. The summed E-state index contributed by atoms with van der Waals surface area (Å²) in [5.41, 5.74) is 0. The van der Waals surface area contributed by atoms with Gasteiger partial charge in [-0.1, -0.05) is 12.8 Å². The first-order valence-electron chi connectivity index (χ1n) is 5.65. The normalized spacial score (nSPS) is 24.9. The molecule has 1 unspecified atom stereocenters. The first-order chi connectivity index (χ1) is 6.81. The molecule has 2 aliphatic carbocycles. The average Bonchev–Trinajstić information content (AvgIpc) is 2.92. The smallest absolute Gasteiger partial charge is 0.323 e. The van der Waals surface area contributed by atoms with E-state index in [2.05, 4.69) is 5.32 Å². The molecule has 14 heavy (non-hydrogen) atoms. The molecule has 2 aliphatic rings. The average molecular weight is 197 g/mol. The highest BCUT2D eigenvalue weighted by Crippen LogP contribution is 2.34. The van der Waals surface area contributed by atoms with E-state index in [0.29, 0.717) is 12.0 Å². The summed E-state index contributed by atoms with van der Waals surface area (Å²) in [5, 5.41) is 3.45. The summed E-state index contributed by atoms with van der Waals surface area (Å²) in [6, 6.07) is 0.530. The van der Waals surface area contributed by atoms with Crippen molar-refractivity contribution in [2.75, 3.05) is 7.11 Å². The Kier molecular flexibility index (Phi) is 3.06. The third-order valence-electron chi connectivity index (χ3n) is 3.32. The minimum Gasteiger partial charge on any atom is -0.468 e. The molecule has 1 atom stereocenters. The van der Waals surface area contributed by atoms with Gasteiger partial charge in [-0.25, -0.2) is 0 Å². The number of methoxy groups -OCH3 is 1. The van der Waals surface area contributed by atoms with Crippen LogP contribution >= 0.6 is 0 Å². The second-order valence-electron chi connectivity index (χ2n) is 4.49. The monoisotopic (exact) mass is 197 g/mol. The highest BCUT2D eigenvalue weighted by molar-refractivity contribution is 5.76. The van der Waals surface area contributed by atoms with Gasteiger partial charge < -0.3 is 10.1 Å². The number of rotatable bonds is 4. The minimum absolute atomic E-state index is 0.0249. The first-order valence-corrected chi connectivity index (χ1v) is 5.65. The van der Waals surface area contributed by atoms with Crippen LogP contribution in [0.15, 0.2) is 0 Å². The van der Waals surface area contributed by atoms with Crippen molar-refractivity contribution < 1.29 is 9.53 Å². The fraction of sp³-hybridized carbons (Fsp3) is 0.909. The number of hydrogen-bond acceptors (Lipinski definition) is 3. The van der Waals surface area contributed by atoms with Crippen molar-refractivity contribution in [3.63, 3.8) is 0 Å². The summed E-state index contributed by atoms with van der Waals surface area (Å²) >= 11 is 0. The van der Waals surface area contributed by atoms with E-state index < -0.39 is 0 Å². The van der Waals surface area contributed by atoms with Crippen molar-refractivity contribution in [1.29, 1.82) is 0 Å². The Hall–Kier alpha value is -0.570. The predicted molar refractivity (Wildman–Crippen MR) is 53.9 cm³/mol. The summed E-state index contributed by atoms with van der Waals surface area (Å²) < 4.78 is 4.82. The van der Waals surface area contributed by atoms with Crippen LogP contribution in [0, 0.1) is 5.92 Å². The minimum atomic E-state index is -0.0700. The Morgan fingerprint density at radius 1 is 1.29 bits per heavy atom. The van der Waals surface area contributed by atoms with E-state index >= 15 is 0 Å². The summed E-state index contributed by atoms with van der Waals surface area (Å²) in [7, 11) is 1.48. The van der Waals surface area contributed by atoms with Crippen LogP contribution in [0.1, 0.15) is 38.5 Å². The van der Waals surface area contributed by atoms with Crippen LogP contribution in [-0.4, -0.2) is 25.2 Å². The number of hydrogen-bond donors (Lipinski definition) is 1. The van der Waals surface area contributed by atoms with E-state index in [1.54, 1.807) is 0 Å². The summed E-state index contributed by atoms with van der Waals surface area (Å²) in [6.07, 6.45) is 7.41. The summed E-state index contributed by atoms with van der Waals surface area (Å²) in [5.74, 6) is 0.474. The second-order valence-corrected chi connectivity index (χ2v) is 4.49. The largest absolute Gasteiger partial charge is 0.468 e. The van der Waals surface area contributed by atoms with Crippen LogP contribution in [-0.2, 0) is 9.53 Å². The zero-order chi connectivity index (χ0) is 9.97. The SMILES string of the molecule is COC(=O)C(NC1CCCC1)C1CC1. The number of carbonyl (C=O) groups is 1. The van der Waals surface area contributed by atoms with Crippen LogP contribution in [0.4, 0.5) is 0 Å². The highest BCUT2D eigenvalue weighted by atomic mass is 16.5. The van der Waals surface area contributed by atoms with E-state index in [1.165, 1.54) is 45.6 Å². The molecule has 1 N–H and O–H groups in total. The van der Waals surface area contributed by atoms with Crippen molar-refractivity contribution in [2.45, 2.75) is 50.6 Å². The van der Waals surface area contributed by atoms with E-state index in [4.69, 9.17) is 4.74 Å². The number of ether oxygens (including phenoxy) is 1. The van der Waals surface area contributed by atoms with E-state index in [-0.39, 0.29) is 12.0 Å². The van der Waals surface area contributed by atoms with Crippen molar-refractivity contribution in [1.82, 2.24) is 5.32 Å². The Morgan fingerprint density at radius 3 is 2.43 bits per heavy atom. The molecule has 2 fully saturated rings. The van der Waals surface area contributed by atoms with E-state index in [9.17, 15) is 4.79 Å². The van der Waals surface area contributed by atoms with Gasteiger partial charge in [0.25, 0.3) is 0 Å². The van der Waals surface area contributed by atoms with Gasteiger partial charge in [0.15, 0.2) is 0 Å². The lowest BCUT2D eigenvalue weighted by molar-refractivity contribution is -0.144. The second kappa shape index (κ2) is 4.30. The van der Waals surface area contributed by atoms with Gasteiger partial charge in [-0.2, -0.15) is 0 Å². The molecule has 3 heteroatoms. The van der Waals surface area contributed by atoms with Crippen molar-refractivity contribution in [2.24, 2.45) is 5.92 Å².